The topological polar surface area (TPSA) is 63.8 Å². The number of methoxy groups -OCH3 is 1. The number of fused-ring (bicyclic) bond motifs is 1. The fourth-order valence-electron chi connectivity index (χ4n) is 4.38. The predicted octanol–water partition coefficient (Wildman–Crippen LogP) is 6.91. The van der Waals surface area contributed by atoms with Crippen LogP contribution in [0.5, 0.6) is 5.75 Å². The van der Waals surface area contributed by atoms with Crippen molar-refractivity contribution >= 4 is 34.2 Å². The maximum atomic E-state index is 6.34. The summed E-state index contributed by atoms with van der Waals surface area (Å²) in [5, 5.41) is 8.36. The fourth-order valence-corrected chi connectivity index (χ4v) is 4.55. The Morgan fingerprint density at radius 1 is 0.914 bits per heavy atom. The Balaban J connectivity index is 1.53. The van der Waals surface area contributed by atoms with Gasteiger partial charge in [-0.2, -0.15) is 5.10 Å². The summed E-state index contributed by atoms with van der Waals surface area (Å²) in [6.07, 6.45) is 2.32. The SMILES string of the molecule is COc1cccc(C2=NN(c3nc(-c4ccccc4)c4cc(Cl)ccc4n3)[C@H](c3ccco3)C2)c1. The molecule has 6 rings (SSSR count). The van der Waals surface area contributed by atoms with Crippen LogP contribution in [0.25, 0.3) is 22.2 Å². The molecule has 0 aliphatic carbocycles. The zero-order chi connectivity index (χ0) is 23.8. The van der Waals surface area contributed by atoms with Crippen molar-refractivity contribution in [2.45, 2.75) is 12.5 Å². The van der Waals surface area contributed by atoms with Crippen LogP contribution in [-0.2, 0) is 0 Å². The largest absolute Gasteiger partial charge is 0.497 e. The first-order valence-electron chi connectivity index (χ1n) is 11.3. The fraction of sp³-hybridized carbons (Fsp3) is 0.107. The lowest BCUT2D eigenvalue weighted by atomic mass is 10.0. The van der Waals surface area contributed by atoms with Crippen LogP contribution >= 0.6 is 11.6 Å². The van der Waals surface area contributed by atoms with E-state index in [9.17, 15) is 0 Å². The Labute approximate surface area is 207 Å². The smallest absolute Gasteiger partial charge is 0.248 e. The van der Waals surface area contributed by atoms with Gasteiger partial charge in [-0.1, -0.05) is 54.1 Å². The Morgan fingerprint density at radius 3 is 2.57 bits per heavy atom. The van der Waals surface area contributed by atoms with Crippen molar-refractivity contribution in [1.82, 2.24) is 9.97 Å². The molecule has 1 aliphatic rings. The van der Waals surface area contributed by atoms with E-state index in [1.54, 1.807) is 13.4 Å². The molecule has 0 spiro atoms. The molecule has 0 radical (unpaired) electrons. The average molecular weight is 481 g/mol. The molecule has 1 aliphatic heterocycles. The van der Waals surface area contributed by atoms with Gasteiger partial charge in [0, 0.05) is 28.0 Å². The molecule has 5 aromatic rings. The molecule has 35 heavy (non-hydrogen) atoms. The van der Waals surface area contributed by atoms with Crippen LogP contribution < -0.4 is 9.75 Å². The number of ether oxygens (including phenoxy) is 1. The molecule has 0 fully saturated rings. The third kappa shape index (κ3) is 4.02. The van der Waals surface area contributed by atoms with Crippen molar-refractivity contribution in [1.29, 1.82) is 0 Å². The van der Waals surface area contributed by atoms with E-state index in [0.717, 1.165) is 44.9 Å². The number of aromatic nitrogens is 2. The van der Waals surface area contributed by atoms with Crippen molar-refractivity contribution < 1.29 is 9.15 Å². The van der Waals surface area contributed by atoms with Crippen molar-refractivity contribution in [2.24, 2.45) is 5.10 Å². The zero-order valence-corrected chi connectivity index (χ0v) is 19.7. The molecule has 1 atom stereocenters. The van der Waals surface area contributed by atoms with Crippen LogP contribution in [0.15, 0.2) is 101 Å². The Morgan fingerprint density at radius 2 is 1.77 bits per heavy atom. The first kappa shape index (κ1) is 21.4. The summed E-state index contributed by atoms with van der Waals surface area (Å²) in [4.78, 5) is 9.89. The number of benzene rings is 3. The Hall–Kier alpha value is -4.16. The lowest BCUT2D eigenvalue weighted by Crippen LogP contribution is -2.20. The number of halogens is 1. The third-order valence-electron chi connectivity index (χ3n) is 6.08. The van der Waals surface area contributed by atoms with Crippen molar-refractivity contribution in [3.8, 4) is 17.0 Å². The van der Waals surface area contributed by atoms with Gasteiger partial charge < -0.3 is 9.15 Å². The Bertz CT molecular complexity index is 1530. The number of furan rings is 1. The van der Waals surface area contributed by atoms with Crippen molar-refractivity contribution in [3.63, 3.8) is 0 Å². The van der Waals surface area contributed by atoms with Gasteiger partial charge in [0.1, 0.15) is 17.6 Å². The molecular formula is C28H21ClN4O2. The van der Waals surface area contributed by atoms with Crippen molar-refractivity contribution in [2.75, 3.05) is 12.1 Å². The van der Waals surface area contributed by atoms with E-state index in [1.807, 2.05) is 89.9 Å². The summed E-state index contributed by atoms with van der Waals surface area (Å²) in [6, 6.07) is 27.3. The van der Waals surface area contributed by atoms with E-state index in [2.05, 4.69) is 0 Å². The second kappa shape index (κ2) is 8.89. The number of hydrogen-bond donors (Lipinski definition) is 0. The molecule has 0 unspecified atom stereocenters. The second-order valence-corrected chi connectivity index (χ2v) is 8.69. The summed E-state index contributed by atoms with van der Waals surface area (Å²) >= 11 is 6.34. The molecule has 6 nitrogen and oxygen atoms in total. The van der Waals surface area contributed by atoms with E-state index in [-0.39, 0.29) is 6.04 Å². The maximum absolute atomic E-state index is 6.34. The van der Waals surface area contributed by atoms with Gasteiger partial charge in [-0.15, -0.1) is 0 Å². The van der Waals surface area contributed by atoms with Gasteiger partial charge in [0.15, 0.2) is 0 Å². The molecule has 0 bridgehead atoms. The monoisotopic (exact) mass is 480 g/mol. The number of rotatable bonds is 5. The highest BCUT2D eigenvalue weighted by atomic mass is 35.5. The first-order chi connectivity index (χ1) is 17.2. The van der Waals surface area contributed by atoms with Crippen molar-refractivity contribution in [3.05, 3.63) is 108 Å². The molecule has 0 saturated carbocycles. The van der Waals surface area contributed by atoms with Gasteiger partial charge in [0.2, 0.25) is 5.95 Å². The zero-order valence-electron chi connectivity index (χ0n) is 18.9. The van der Waals surface area contributed by atoms with Crippen LogP contribution in [0.1, 0.15) is 23.8 Å². The molecule has 172 valence electrons. The van der Waals surface area contributed by atoms with Crippen LogP contribution in [0.2, 0.25) is 5.02 Å². The van der Waals surface area contributed by atoms with Crippen LogP contribution in [0.3, 0.4) is 0 Å². The van der Waals surface area contributed by atoms with E-state index >= 15 is 0 Å². The average Bonchev–Trinajstić information content (AvgIpc) is 3.59. The molecular weight excluding hydrogens is 460 g/mol. The highest BCUT2D eigenvalue weighted by Gasteiger charge is 2.34. The molecule has 0 amide bonds. The standard InChI is InChI=1S/C28H21ClN4O2/c1-34-21-10-5-9-19(15-21)24-17-25(26-11-6-14-35-26)33(32-24)28-30-23-13-12-20(29)16-22(23)27(31-28)18-7-3-2-4-8-18/h2-16,25H,17H2,1H3/t25-/m0/s1. The lowest BCUT2D eigenvalue weighted by molar-refractivity contribution is 0.414. The quantitative estimate of drug-likeness (QED) is 0.273. The summed E-state index contributed by atoms with van der Waals surface area (Å²) < 4.78 is 11.2. The normalized spacial score (nSPS) is 15.4. The Kier molecular flexibility index (Phi) is 5.43. The minimum absolute atomic E-state index is 0.181. The van der Waals surface area contributed by atoms with Gasteiger partial charge in [-0.05, 0) is 42.5 Å². The van der Waals surface area contributed by atoms with Crippen LogP contribution in [0, 0.1) is 0 Å². The summed E-state index contributed by atoms with van der Waals surface area (Å²) in [6.45, 7) is 0. The molecule has 7 heteroatoms. The maximum Gasteiger partial charge on any atom is 0.248 e. The highest BCUT2D eigenvalue weighted by Crippen LogP contribution is 2.38. The number of hydrazone groups is 1. The van der Waals surface area contributed by atoms with Crippen LogP contribution in [0.4, 0.5) is 5.95 Å². The van der Waals surface area contributed by atoms with Gasteiger partial charge in [-0.25, -0.2) is 15.0 Å². The molecule has 0 saturated heterocycles. The van der Waals surface area contributed by atoms with E-state index in [1.165, 1.54) is 0 Å². The minimum atomic E-state index is -0.181. The lowest BCUT2D eigenvalue weighted by Gasteiger charge is -2.21. The molecule has 2 aromatic heterocycles. The molecule has 0 N–H and O–H groups in total. The highest BCUT2D eigenvalue weighted by molar-refractivity contribution is 6.31. The van der Waals surface area contributed by atoms with Gasteiger partial charge in [0.25, 0.3) is 0 Å². The number of anilines is 1. The summed E-state index contributed by atoms with van der Waals surface area (Å²) in [5.74, 6) is 2.08. The molecule has 3 aromatic carbocycles. The first-order valence-corrected chi connectivity index (χ1v) is 11.6. The van der Waals surface area contributed by atoms with E-state index in [0.29, 0.717) is 17.4 Å². The number of nitrogens with zero attached hydrogens (tertiary/aromatic N) is 4. The minimum Gasteiger partial charge on any atom is -0.497 e. The van der Waals surface area contributed by atoms with Gasteiger partial charge >= 0.3 is 0 Å². The second-order valence-electron chi connectivity index (χ2n) is 8.26. The predicted molar refractivity (Wildman–Crippen MR) is 138 cm³/mol. The summed E-state index contributed by atoms with van der Waals surface area (Å²) in [7, 11) is 1.66. The van der Waals surface area contributed by atoms with E-state index < -0.39 is 0 Å². The van der Waals surface area contributed by atoms with E-state index in [4.69, 9.17) is 35.8 Å². The summed E-state index contributed by atoms with van der Waals surface area (Å²) in [5.41, 5.74) is 4.47. The molecule has 3 heterocycles. The van der Waals surface area contributed by atoms with Gasteiger partial charge in [-0.3, -0.25) is 0 Å². The number of hydrogen-bond acceptors (Lipinski definition) is 6. The van der Waals surface area contributed by atoms with Gasteiger partial charge in [0.05, 0.1) is 30.3 Å². The van der Waals surface area contributed by atoms with Crippen LogP contribution in [-0.4, -0.2) is 22.8 Å². The third-order valence-corrected chi connectivity index (χ3v) is 6.32.